The molecule has 2 aromatic carbocycles. The summed E-state index contributed by atoms with van der Waals surface area (Å²) in [5.74, 6) is 0.526. The molecule has 1 N–H and O–H groups in total. The first-order valence-corrected chi connectivity index (χ1v) is 10.5. The van der Waals surface area contributed by atoms with Crippen molar-refractivity contribution in [2.45, 2.75) is 50.8 Å². The van der Waals surface area contributed by atoms with Crippen LogP contribution < -0.4 is 4.74 Å². The summed E-state index contributed by atoms with van der Waals surface area (Å²) in [7, 11) is 0. The number of aromatic amines is 1. The van der Waals surface area contributed by atoms with Crippen LogP contribution in [0.1, 0.15) is 46.4 Å². The minimum atomic E-state index is -0.260. The van der Waals surface area contributed by atoms with Crippen molar-refractivity contribution in [2.75, 3.05) is 0 Å². The number of H-pyrrole nitrogens is 1. The summed E-state index contributed by atoms with van der Waals surface area (Å²) in [4.78, 5) is 15.4. The SMILES string of the molecule is O=C(c1ccc(OCc2ccc(F)cc2)cc1)N(C1CC1)C1CCc2[nH]ncc2C1. The Bertz CT molecular complexity index is 1030. The lowest BCUT2D eigenvalue weighted by Gasteiger charge is -2.34. The fraction of sp³-hybridized carbons (Fsp3) is 0.333. The molecule has 5 rings (SSSR count). The Kier molecular flexibility index (Phi) is 4.99. The van der Waals surface area contributed by atoms with Gasteiger partial charge in [-0.2, -0.15) is 5.10 Å². The molecule has 1 saturated carbocycles. The van der Waals surface area contributed by atoms with Gasteiger partial charge in [0.05, 0.1) is 6.20 Å². The maximum Gasteiger partial charge on any atom is 0.254 e. The minimum absolute atomic E-state index is 0.0968. The zero-order valence-corrected chi connectivity index (χ0v) is 16.7. The first-order valence-electron chi connectivity index (χ1n) is 10.5. The summed E-state index contributed by atoms with van der Waals surface area (Å²) in [5, 5.41) is 7.22. The Labute approximate surface area is 174 Å². The van der Waals surface area contributed by atoms with Crippen LogP contribution in [0.2, 0.25) is 0 Å². The van der Waals surface area contributed by atoms with Gasteiger partial charge in [-0.3, -0.25) is 9.89 Å². The number of aryl methyl sites for hydroxylation is 1. The maximum atomic E-state index is 13.3. The zero-order chi connectivity index (χ0) is 20.5. The number of nitrogens with zero attached hydrogens (tertiary/aromatic N) is 2. The summed E-state index contributed by atoms with van der Waals surface area (Å²) >= 11 is 0. The van der Waals surface area contributed by atoms with E-state index in [0.717, 1.165) is 37.7 Å². The van der Waals surface area contributed by atoms with Crippen LogP contribution in [-0.2, 0) is 19.4 Å². The average molecular weight is 405 g/mol. The molecule has 1 unspecified atom stereocenters. The van der Waals surface area contributed by atoms with Crippen molar-refractivity contribution in [3.63, 3.8) is 0 Å². The summed E-state index contributed by atoms with van der Waals surface area (Å²) in [5.41, 5.74) is 4.02. The minimum Gasteiger partial charge on any atom is -0.489 e. The monoisotopic (exact) mass is 405 g/mol. The van der Waals surface area contributed by atoms with Crippen molar-refractivity contribution in [1.29, 1.82) is 0 Å². The van der Waals surface area contributed by atoms with Crippen molar-refractivity contribution in [2.24, 2.45) is 0 Å². The maximum absolute atomic E-state index is 13.3. The Morgan fingerprint density at radius 1 is 1.07 bits per heavy atom. The molecule has 1 amide bonds. The third-order valence-corrected chi connectivity index (χ3v) is 5.98. The van der Waals surface area contributed by atoms with Gasteiger partial charge in [-0.1, -0.05) is 12.1 Å². The Balaban J connectivity index is 1.26. The van der Waals surface area contributed by atoms with E-state index in [1.54, 1.807) is 12.1 Å². The first kappa shape index (κ1) is 18.9. The van der Waals surface area contributed by atoms with Gasteiger partial charge >= 0.3 is 0 Å². The number of fused-ring (bicyclic) bond motifs is 1. The van der Waals surface area contributed by atoms with Crippen LogP contribution in [0, 0.1) is 5.82 Å². The predicted molar refractivity (Wildman–Crippen MR) is 111 cm³/mol. The molecule has 5 nitrogen and oxygen atoms in total. The van der Waals surface area contributed by atoms with Crippen LogP contribution in [0.5, 0.6) is 5.75 Å². The van der Waals surface area contributed by atoms with Gasteiger partial charge in [0.2, 0.25) is 0 Å². The number of nitrogens with one attached hydrogen (secondary N) is 1. The molecule has 3 aromatic rings. The zero-order valence-electron chi connectivity index (χ0n) is 16.7. The Morgan fingerprint density at radius 2 is 1.83 bits per heavy atom. The second kappa shape index (κ2) is 7.94. The highest BCUT2D eigenvalue weighted by Gasteiger charge is 2.39. The Hall–Kier alpha value is -3.15. The van der Waals surface area contributed by atoms with E-state index in [0.29, 0.717) is 24.0 Å². The van der Waals surface area contributed by atoms with E-state index in [1.807, 2.05) is 30.5 Å². The number of amides is 1. The second-order valence-corrected chi connectivity index (χ2v) is 8.15. The van der Waals surface area contributed by atoms with E-state index in [4.69, 9.17) is 4.74 Å². The predicted octanol–water partition coefficient (Wildman–Crippen LogP) is 4.29. The molecule has 0 bridgehead atoms. The fourth-order valence-electron chi connectivity index (χ4n) is 4.21. The van der Waals surface area contributed by atoms with Gasteiger partial charge < -0.3 is 9.64 Å². The lowest BCUT2D eigenvalue weighted by atomic mass is 9.92. The number of aromatic nitrogens is 2. The molecule has 0 aliphatic heterocycles. The highest BCUT2D eigenvalue weighted by molar-refractivity contribution is 5.95. The smallest absolute Gasteiger partial charge is 0.254 e. The van der Waals surface area contributed by atoms with Crippen molar-refractivity contribution in [3.8, 4) is 5.75 Å². The standard InChI is InChI=1S/C24H24FN3O2/c25-19-5-1-16(2-6-19)15-30-22-10-3-17(4-11-22)24(29)28(20-7-8-20)21-9-12-23-18(13-21)14-26-27-23/h1-6,10-11,14,20-21H,7-9,12-13,15H2,(H,26,27). The molecule has 2 aliphatic carbocycles. The number of hydrogen-bond acceptors (Lipinski definition) is 3. The van der Waals surface area contributed by atoms with Crippen LogP contribution >= 0.6 is 0 Å². The van der Waals surface area contributed by atoms with E-state index in [-0.39, 0.29) is 17.8 Å². The highest BCUT2D eigenvalue weighted by Crippen LogP contribution is 2.34. The lowest BCUT2D eigenvalue weighted by Crippen LogP contribution is -2.44. The largest absolute Gasteiger partial charge is 0.489 e. The quantitative estimate of drug-likeness (QED) is 0.666. The molecule has 0 radical (unpaired) electrons. The van der Waals surface area contributed by atoms with Gasteiger partial charge in [0.15, 0.2) is 0 Å². The molecule has 1 fully saturated rings. The molecule has 6 heteroatoms. The van der Waals surface area contributed by atoms with Crippen LogP contribution in [0.25, 0.3) is 0 Å². The molecule has 0 saturated heterocycles. The van der Waals surface area contributed by atoms with Crippen LogP contribution in [-0.4, -0.2) is 33.1 Å². The number of carbonyl (C=O) groups is 1. The topological polar surface area (TPSA) is 58.2 Å². The number of rotatable bonds is 6. The summed E-state index contributed by atoms with van der Waals surface area (Å²) in [6, 6.07) is 14.2. The average Bonchev–Trinajstić information content (AvgIpc) is 3.49. The van der Waals surface area contributed by atoms with Crippen molar-refractivity contribution >= 4 is 5.91 Å². The van der Waals surface area contributed by atoms with Crippen LogP contribution in [0.4, 0.5) is 4.39 Å². The third kappa shape index (κ3) is 3.95. The van der Waals surface area contributed by atoms with E-state index in [1.165, 1.54) is 23.4 Å². The van der Waals surface area contributed by atoms with Gasteiger partial charge in [-0.05, 0) is 79.6 Å². The normalized spacial score (nSPS) is 18.0. The van der Waals surface area contributed by atoms with Gasteiger partial charge in [0.25, 0.3) is 5.91 Å². The molecule has 1 heterocycles. The molecule has 0 spiro atoms. The van der Waals surface area contributed by atoms with E-state index < -0.39 is 0 Å². The van der Waals surface area contributed by atoms with Gasteiger partial charge in [-0.25, -0.2) is 4.39 Å². The molecule has 30 heavy (non-hydrogen) atoms. The Morgan fingerprint density at radius 3 is 2.57 bits per heavy atom. The van der Waals surface area contributed by atoms with Crippen molar-refractivity contribution < 1.29 is 13.9 Å². The number of hydrogen-bond donors (Lipinski definition) is 1. The van der Waals surface area contributed by atoms with Crippen LogP contribution in [0.15, 0.2) is 54.7 Å². The van der Waals surface area contributed by atoms with E-state index in [2.05, 4.69) is 15.1 Å². The van der Waals surface area contributed by atoms with Gasteiger partial charge in [0.1, 0.15) is 18.2 Å². The molecule has 154 valence electrons. The van der Waals surface area contributed by atoms with Gasteiger partial charge in [-0.15, -0.1) is 0 Å². The molecule has 1 atom stereocenters. The summed E-state index contributed by atoms with van der Waals surface area (Å²) < 4.78 is 18.8. The number of benzene rings is 2. The second-order valence-electron chi connectivity index (χ2n) is 8.15. The molecule has 1 aromatic heterocycles. The van der Waals surface area contributed by atoms with Crippen molar-refractivity contribution in [1.82, 2.24) is 15.1 Å². The molecular formula is C24H24FN3O2. The number of halogens is 1. The van der Waals surface area contributed by atoms with E-state index in [9.17, 15) is 9.18 Å². The van der Waals surface area contributed by atoms with Crippen LogP contribution in [0.3, 0.4) is 0 Å². The number of ether oxygens (including phenoxy) is 1. The van der Waals surface area contributed by atoms with Crippen molar-refractivity contribution in [3.05, 3.63) is 82.9 Å². The summed E-state index contributed by atoms with van der Waals surface area (Å²) in [6.07, 6.45) is 6.83. The lowest BCUT2D eigenvalue weighted by molar-refractivity contribution is 0.0642. The molecule has 2 aliphatic rings. The summed E-state index contributed by atoms with van der Waals surface area (Å²) in [6.45, 7) is 0.358. The fourth-order valence-corrected chi connectivity index (χ4v) is 4.21. The van der Waals surface area contributed by atoms with E-state index >= 15 is 0 Å². The molecular weight excluding hydrogens is 381 g/mol. The number of carbonyl (C=O) groups excluding carboxylic acids is 1. The first-order chi connectivity index (χ1) is 14.7. The highest BCUT2D eigenvalue weighted by atomic mass is 19.1. The van der Waals surface area contributed by atoms with Gasteiger partial charge in [0, 0.05) is 23.3 Å². The third-order valence-electron chi connectivity index (χ3n) is 5.98.